The van der Waals surface area contributed by atoms with Crippen LogP contribution in [0.15, 0.2) is 42.5 Å². The van der Waals surface area contributed by atoms with Crippen LogP contribution in [0, 0.1) is 0 Å². The number of nitrogens with zero attached hydrogens (tertiary/aromatic N) is 2. The van der Waals surface area contributed by atoms with Crippen molar-refractivity contribution < 1.29 is 4.79 Å². The molecule has 0 aromatic heterocycles. The molecule has 2 aromatic carbocycles. The second-order valence-corrected chi connectivity index (χ2v) is 5.94. The van der Waals surface area contributed by atoms with E-state index in [0.29, 0.717) is 5.56 Å². The van der Waals surface area contributed by atoms with Crippen molar-refractivity contribution in [3.8, 4) is 0 Å². The van der Waals surface area contributed by atoms with Gasteiger partial charge >= 0.3 is 0 Å². The lowest BCUT2D eigenvalue weighted by atomic mass is 9.92. The van der Waals surface area contributed by atoms with E-state index in [2.05, 4.69) is 48.2 Å². The number of hydrogen-bond acceptors (Lipinski definition) is 3. The van der Waals surface area contributed by atoms with Gasteiger partial charge < -0.3 is 15.5 Å². The summed E-state index contributed by atoms with van der Waals surface area (Å²) in [4.78, 5) is 16.2. The van der Waals surface area contributed by atoms with Gasteiger partial charge in [-0.1, -0.05) is 30.3 Å². The third kappa shape index (κ3) is 2.57. The van der Waals surface area contributed by atoms with Crippen LogP contribution in [0.5, 0.6) is 0 Å². The van der Waals surface area contributed by atoms with Crippen molar-refractivity contribution in [1.29, 1.82) is 0 Å². The van der Waals surface area contributed by atoms with E-state index < -0.39 is 0 Å². The molecule has 0 unspecified atom stereocenters. The number of hydrogen-bond donors (Lipinski definition) is 1. The lowest BCUT2D eigenvalue weighted by Gasteiger charge is -2.35. The molecule has 0 bridgehead atoms. The predicted molar refractivity (Wildman–Crippen MR) is 89.8 cm³/mol. The lowest BCUT2D eigenvalue weighted by molar-refractivity contribution is 0.100. The van der Waals surface area contributed by atoms with Crippen LogP contribution in [0.2, 0.25) is 0 Å². The quantitative estimate of drug-likeness (QED) is 0.942. The summed E-state index contributed by atoms with van der Waals surface area (Å²) in [6.07, 6.45) is 0.838. The highest BCUT2D eigenvalue weighted by molar-refractivity contribution is 6.01. The van der Waals surface area contributed by atoms with E-state index in [-0.39, 0.29) is 5.91 Å². The molecule has 1 aliphatic rings. The van der Waals surface area contributed by atoms with Crippen LogP contribution in [-0.2, 0) is 6.42 Å². The Morgan fingerprint density at radius 2 is 1.86 bits per heavy atom. The molecule has 3 rings (SSSR count). The predicted octanol–water partition coefficient (Wildman–Crippen LogP) is 2.39. The molecule has 4 nitrogen and oxygen atoms in total. The third-order valence-electron chi connectivity index (χ3n) is 4.09. The van der Waals surface area contributed by atoms with Gasteiger partial charge in [0.25, 0.3) is 5.91 Å². The minimum absolute atomic E-state index is 0.369. The van der Waals surface area contributed by atoms with Gasteiger partial charge in [0.15, 0.2) is 0 Å². The third-order valence-corrected chi connectivity index (χ3v) is 4.09. The highest BCUT2D eigenvalue weighted by Gasteiger charge is 2.26. The second-order valence-electron chi connectivity index (χ2n) is 5.94. The molecule has 0 saturated heterocycles. The van der Waals surface area contributed by atoms with Crippen molar-refractivity contribution in [3.05, 3.63) is 59.2 Å². The zero-order chi connectivity index (χ0) is 15.7. The Balaban J connectivity index is 2.13. The van der Waals surface area contributed by atoms with Crippen LogP contribution in [0.4, 0.5) is 11.4 Å². The minimum Gasteiger partial charge on any atom is -0.366 e. The Morgan fingerprint density at radius 3 is 2.59 bits per heavy atom. The maximum Gasteiger partial charge on any atom is 0.250 e. The number of benzene rings is 2. The van der Waals surface area contributed by atoms with Crippen molar-refractivity contribution >= 4 is 17.3 Å². The van der Waals surface area contributed by atoms with Crippen molar-refractivity contribution in [1.82, 2.24) is 4.90 Å². The first-order valence-electron chi connectivity index (χ1n) is 7.50. The fourth-order valence-electron chi connectivity index (χ4n) is 3.03. The van der Waals surface area contributed by atoms with Gasteiger partial charge in [0.2, 0.25) is 0 Å². The molecule has 2 N–H and O–H groups in total. The average molecular weight is 295 g/mol. The zero-order valence-electron chi connectivity index (χ0n) is 13.0. The molecule has 0 spiro atoms. The van der Waals surface area contributed by atoms with E-state index in [4.69, 9.17) is 5.73 Å². The van der Waals surface area contributed by atoms with Gasteiger partial charge in [0.05, 0.1) is 11.3 Å². The maximum absolute atomic E-state index is 11.9. The van der Waals surface area contributed by atoms with Crippen LogP contribution >= 0.6 is 0 Å². The number of rotatable bonds is 4. The maximum atomic E-state index is 11.9. The van der Waals surface area contributed by atoms with Crippen LogP contribution < -0.4 is 10.6 Å². The summed E-state index contributed by atoms with van der Waals surface area (Å²) in [5.41, 5.74) is 10.8. The molecule has 1 aliphatic heterocycles. The molecular formula is C18H21N3O. The summed E-state index contributed by atoms with van der Waals surface area (Å²) in [6.45, 7) is 1.72. The molecule has 0 fully saturated rings. The van der Waals surface area contributed by atoms with E-state index in [1.54, 1.807) is 0 Å². The number of anilines is 2. The van der Waals surface area contributed by atoms with Gasteiger partial charge in [-0.25, -0.2) is 0 Å². The number of nitrogens with two attached hydrogens (primary N) is 1. The Hall–Kier alpha value is -2.33. The second kappa shape index (κ2) is 5.81. The Bertz CT molecular complexity index is 709. The minimum atomic E-state index is -0.369. The normalized spacial score (nSPS) is 13.0. The van der Waals surface area contributed by atoms with E-state index >= 15 is 0 Å². The van der Waals surface area contributed by atoms with E-state index in [1.807, 2.05) is 18.2 Å². The van der Waals surface area contributed by atoms with Gasteiger partial charge in [0.1, 0.15) is 0 Å². The monoisotopic (exact) mass is 295 g/mol. The Kier molecular flexibility index (Phi) is 3.86. The van der Waals surface area contributed by atoms with E-state index in [1.165, 1.54) is 11.3 Å². The highest BCUT2D eigenvalue weighted by Crippen LogP contribution is 2.40. The van der Waals surface area contributed by atoms with Crippen LogP contribution in [0.3, 0.4) is 0 Å². The van der Waals surface area contributed by atoms with Crippen LogP contribution in [0.25, 0.3) is 0 Å². The highest BCUT2D eigenvalue weighted by atomic mass is 16.1. The fraction of sp³-hybridized carbons (Fsp3) is 0.278. The fourth-order valence-corrected chi connectivity index (χ4v) is 3.03. The molecule has 1 heterocycles. The smallest absolute Gasteiger partial charge is 0.250 e. The van der Waals surface area contributed by atoms with Crippen LogP contribution in [0.1, 0.15) is 21.5 Å². The molecule has 0 saturated carbocycles. The van der Waals surface area contributed by atoms with Crippen molar-refractivity contribution in [3.63, 3.8) is 0 Å². The summed E-state index contributed by atoms with van der Waals surface area (Å²) in [6, 6.07) is 14.2. The first-order chi connectivity index (χ1) is 10.6. The lowest BCUT2D eigenvalue weighted by Crippen LogP contribution is -2.33. The summed E-state index contributed by atoms with van der Waals surface area (Å²) in [7, 11) is 4.10. The Labute approximate surface area is 131 Å². The van der Waals surface area contributed by atoms with Crippen molar-refractivity contribution in [2.24, 2.45) is 5.73 Å². The van der Waals surface area contributed by atoms with Gasteiger partial charge in [0, 0.05) is 25.2 Å². The molecule has 0 atom stereocenters. The van der Waals surface area contributed by atoms with Gasteiger partial charge in [-0.2, -0.15) is 0 Å². The summed E-state index contributed by atoms with van der Waals surface area (Å²) in [5, 5.41) is 0. The number of carbonyl (C=O) groups is 1. The van der Waals surface area contributed by atoms with E-state index in [0.717, 1.165) is 30.8 Å². The summed E-state index contributed by atoms with van der Waals surface area (Å²) < 4.78 is 0. The number of carbonyl (C=O) groups excluding carboxylic acids is 1. The van der Waals surface area contributed by atoms with Gasteiger partial charge in [-0.3, -0.25) is 4.79 Å². The molecular weight excluding hydrogens is 274 g/mol. The van der Waals surface area contributed by atoms with Gasteiger partial charge in [-0.15, -0.1) is 0 Å². The largest absolute Gasteiger partial charge is 0.366 e. The number of para-hydroxylation sites is 2. The van der Waals surface area contributed by atoms with Crippen molar-refractivity contribution in [2.45, 2.75) is 6.42 Å². The molecule has 114 valence electrons. The first kappa shape index (κ1) is 14.6. The molecule has 0 aliphatic carbocycles. The first-order valence-corrected chi connectivity index (χ1v) is 7.50. The number of fused-ring (bicyclic) bond motifs is 2. The number of primary amides is 1. The molecule has 4 heteroatoms. The average Bonchev–Trinajstić information content (AvgIpc) is 2.50. The molecule has 1 amide bonds. The number of likely N-dealkylation sites (N-methyl/N-ethyl adjacent to an activating group) is 1. The number of amides is 1. The van der Waals surface area contributed by atoms with Gasteiger partial charge in [-0.05, 0) is 37.4 Å². The zero-order valence-corrected chi connectivity index (χ0v) is 13.0. The molecule has 22 heavy (non-hydrogen) atoms. The van der Waals surface area contributed by atoms with Crippen molar-refractivity contribution in [2.75, 3.05) is 32.1 Å². The standard InChI is InChI=1S/C18H21N3O/c1-20(2)10-11-21-16-9-4-3-6-13(16)12-14-7-5-8-15(17(14)21)18(19)22/h3-9H,10-12H2,1-2H3,(H2,19,22). The summed E-state index contributed by atoms with van der Waals surface area (Å²) in [5.74, 6) is -0.369. The molecule has 2 aromatic rings. The van der Waals surface area contributed by atoms with Crippen LogP contribution in [-0.4, -0.2) is 38.0 Å². The SMILES string of the molecule is CN(C)CCN1c2ccccc2Cc2cccc(C(N)=O)c21. The summed E-state index contributed by atoms with van der Waals surface area (Å²) >= 11 is 0. The van der Waals surface area contributed by atoms with E-state index in [9.17, 15) is 4.79 Å². The Morgan fingerprint density at radius 1 is 1.14 bits per heavy atom. The molecule has 0 radical (unpaired) electrons. The topological polar surface area (TPSA) is 49.6 Å².